The predicted molar refractivity (Wildman–Crippen MR) is 141 cm³/mol. The lowest BCUT2D eigenvalue weighted by Gasteiger charge is -2.30. The number of aromatic nitrogens is 5. The zero-order valence-corrected chi connectivity index (χ0v) is 22.0. The van der Waals surface area contributed by atoms with E-state index in [1.807, 2.05) is 12.1 Å². The highest BCUT2D eigenvalue weighted by Crippen LogP contribution is 2.32. The first-order valence-electron chi connectivity index (χ1n) is 12.3. The number of ether oxygens (including phenoxy) is 3. The van der Waals surface area contributed by atoms with Gasteiger partial charge in [-0.05, 0) is 41.5 Å². The second kappa shape index (κ2) is 12.0. The first-order chi connectivity index (χ1) is 18.0. The number of nitrogens with zero attached hydrogens (tertiary/aromatic N) is 5. The summed E-state index contributed by atoms with van der Waals surface area (Å²) in [6, 6.07) is 13.9. The van der Waals surface area contributed by atoms with Crippen molar-refractivity contribution in [1.29, 1.82) is 0 Å². The molecule has 1 N–H and O–H groups in total. The van der Waals surface area contributed by atoms with Crippen LogP contribution in [0, 0.1) is 6.92 Å². The molecular formula is C27H34N6O4. The van der Waals surface area contributed by atoms with E-state index in [9.17, 15) is 4.79 Å². The van der Waals surface area contributed by atoms with Gasteiger partial charge in [0.1, 0.15) is 0 Å². The topological polar surface area (TPSA) is 107 Å². The SMILES string of the molecule is CC[C@@H](c1nnnn1CCOC)N(Cc1ccc(C)cc1)Cc1cc2cc(OC)c(OC)cc2[nH]c1=O. The number of pyridine rings is 1. The Bertz CT molecular complexity index is 1380. The number of H-pyrrole nitrogens is 1. The summed E-state index contributed by atoms with van der Waals surface area (Å²) in [5.74, 6) is 1.91. The van der Waals surface area contributed by atoms with Crippen LogP contribution in [0.5, 0.6) is 11.5 Å². The smallest absolute Gasteiger partial charge is 0.252 e. The van der Waals surface area contributed by atoms with Gasteiger partial charge in [-0.15, -0.1) is 5.10 Å². The molecule has 0 radical (unpaired) electrons. The molecule has 37 heavy (non-hydrogen) atoms. The van der Waals surface area contributed by atoms with E-state index in [0.717, 1.165) is 23.2 Å². The average molecular weight is 507 g/mol. The standard InChI is InChI=1S/C27H34N6O4/c1-6-23(26-29-30-31-33(26)11-12-35-3)32(16-19-9-7-18(2)8-10-19)17-21-13-20-14-24(36-4)25(37-5)15-22(20)28-27(21)34/h7-10,13-15,23H,6,11-12,16-17H2,1-5H3,(H,28,34)/t23-/m0/s1. The molecule has 0 amide bonds. The molecular weight excluding hydrogens is 472 g/mol. The van der Waals surface area contributed by atoms with Gasteiger partial charge in [0.2, 0.25) is 0 Å². The number of nitrogens with one attached hydrogen (secondary N) is 1. The van der Waals surface area contributed by atoms with Crippen LogP contribution in [0.2, 0.25) is 0 Å². The van der Waals surface area contributed by atoms with Crippen molar-refractivity contribution in [3.8, 4) is 11.5 Å². The molecule has 10 heteroatoms. The maximum atomic E-state index is 13.2. The van der Waals surface area contributed by atoms with Gasteiger partial charge in [0.15, 0.2) is 17.3 Å². The van der Waals surface area contributed by atoms with Crippen LogP contribution < -0.4 is 15.0 Å². The summed E-state index contributed by atoms with van der Waals surface area (Å²) >= 11 is 0. The quantitative estimate of drug-likeness (QED) is 0.310. The maximum absolute atomic E-state index is 13.2. The van der Waals surface area contributed by atoms with E-state index in [4.69, 9.17) is 14.2 Å². The van der Waals surface area contributed by atoms with Gasteiger partial charge in [-0.2, -0.15) is 0 Å². The van der Waals surface area contributed by atoms with Gasteiger partial charge < -0.3 is 19.2 Å². The lowest BCUT2D eigenvalue weighted by atomic mass is 10.1. The molecule has 0 fully saturated rings. The lowest BCUT2D eigenvalue weighted by Crippen LogP contribution is -2.32. The van der Waals surface area contributed by atoms with Crippen molar-refractivity contribution in [3.63, 3.8) is 0 Å². The van der Waals surface area contributed by atoms with E-state index in [-0.39, 0.29) is 11.6 Å². The number of aryl methyl sites for hydroxylation is 1. The second-order valence-electron chi connectivity index (χ2n) is 8.99. The maximum Gasteiger partial charge on any atom is 0.252 e. The molecule has 2 heterocycles. The summed E-state index contributed by atoms with van der Waals surface area (Å²) in [4.78, 5) is 18.5. The number of hydrogen-bond acceptors (Lipinski definition) is 8. The fraction of sp³-hybridized carbons (Fsp3) is 0.407. The van der Waals surface area contributed by atoms with Crippen LogP contribution in [0.15, 0.2) is 47.3 Å². The number of benzene rings is 2. The van der Waals surface area contributed by atoms with Crippen LogP contribution in [0.1, 0.15) is 41.9 Å². The van der Waals surface area contributed by atoms with Gasteiger partial charge in [0, 0.05) is 37.2 Å². The van der Waals surface area contributed by atoms with Crippen molar-refractivity contribution in [2.45, 2.75) is 45.9 Å². The van der Waals surface area contributed by atoms with Gasteiger partial charge in [-0.3, -0.25) is 9.69 Å². The number of tetrazole rings is 1. The summed E-state index contributed by atoms with van der Waals surface area (Å²) in [6.07, 6.45) is 0.760. The Kier molecular flexibility index (Phi) is 8.52. The van der Waals surface area contributed by atoms with E-state index < -0.39 is 0 Å². The zero-order chi connectivity index (χ0) is 26.4. The molecule has 10 nitrogen and oxygen atoms in total. The second-order valence-corrected chi connectivity index (χ2v) is 8.99. The molecule has 0 aliphatic carbocycles. The minimum atomic E-state index is -0.151. The third-order valence-corrected chi connectivity index (χ3v) is 6.50. The molecule has 2 aromatic carbocycles. The van der Waals surface area contributed by atoms with Gasteiger partial charge in [0.25, 0.3) is 5.56 Å². The summed E-state index contributed by atoms with van der Waals surface area (Å²) in [6.45, 7) is 6.25. The van der Waals surface area contributed by atoms with E-state index in [1.54, 1.807) is 32.1 Å². The summed E-state index contributed by atoms with van der Waals surface area (Å²) < 4.78 is 17.9. The molecule has 2 aromatic heterocycles. The van der Waals surface area contributed by atoms with Gasteiger partial charge in [0.05, 0.1) is 38.9 Å². The minimum absolute atomic E-state index is 0.117. The minimum Gasteiger partial charge on any atom is -0.493 e. The van der Waals surface area contributed by atoms with Crippen LogP contribution >= 0.6 is 0 Å². The van der Waals surface area contributed by atoms with Crippen molar-refractivity contribution in [1.82, 2.24) is 30.1 Å². The summed E-state index contributed by atoms with van der Waals surface area (Å²) in [7, 11) is 4.82. The molecule has 0 saturated heterocycles. The Balaban J connectivity index is 1.74. The molecule has 0 bridgehead atoms. The van der Waals surface area contributed by atoms with Crippen LogP contribution in [0.4, 0.5) is 0 Å². The fourth-order valence-electron chi connectivity index (χ4n) is 4.51. The van der Waals surface area contributed by atoms with Crippen molar-refractivity contribution in [2.75, 3.05) is 27.9 Å². The molecule has 0 spiro atoms. The van der Waals surface area contributed by atoms with E-state index in [2.05, 4.69) is 63.5 Å². The van der Waals surface area contributed by atoms with E-state index in [0.29, 0.717) is 48.8 Å². The monoisotopic (exact) mass is 506 g/mol. The highest BCUT2D eigenvalue weighted by atomic mass is 16.5. The average Bonchev–Trinajstić information content (AvgIpc) is 3.36. The summed E-state index contributed by atoms with van der Waals surface area (Å²) in [5.41, 5.74) is 3.51. The molecule has 0 aliphatic heterocycles. The molecule has 0 saturated carbocycles. The molecule has 4 aromatic rings. The number of fused-ring (bicyclic) bond motifs is 1. The number of hydrogen-bond donors (Lipinski definition) is 1. The third-order valence-electron chi connectivity index (χ3n) is 6.50. The molecule has 0 unspecified atom stereocenters. The Labute approximate surface area is 216 Å². The molecule has 4 rings (SSSR count). The van der Waals surface area contributed by atoms with Crippen LogP contribution in [0.25, 0.3) is 10.9 Å². The van der Waals surface area contributed by atoms with Crippen molar-refractivity contribution in [3.05, 3.63) is 75.3 Å². The zero-order valence-electron chi connectivity index (χ0n) is 22.0. The van der Waals surface area contributed by atoms with Gasteiger partial charge in [-0.1, -0.05) is 36.8 Å². The van der Waals surface area contributed by atoms with Gasteiger partial charge in [-0.25, -0.2) is 4.68 Å². The Hall–Kier alpha value is -3.76. The van der Waals surface area contributed by atoms with Crippen LogP contribution in [0.3, 0.4) is 0 Å². The Morgan fingerprint density at radius 1 is 1.03 bits per heavy atom. The first kappa shape index (κ1) is 26.3. The van der Waals surface area contributed by atoms with Crippen molar-refractivity contribution >= 4 is 10.9 Å². The van der Waals surface area contributed by atoms with Crippen molar-refractivity contribution in [2.24, 2.45) is 0 Å². The third kappa shape index (κ3) is 5.98. The highest BCUT2D eigenvalue weighted by Gasteiger charge is 2.26. The predicted octanol–water partition coefficient (Wildman–Crippen LogP) is 3.64. The van der Waals surface area contributed by atoms with Crippen LogP contribution in [-0.4, -0.2) is 58.0 Å². The highest BCUT2D eigenvalue weighted by molar-refractivity contribution is 5.83. The number of aromatic amines is 1. The molecule has 0 aliphatic rings. The summed E-state index contributed by atoms with van der Waals surface area (Å²) in [5, 5.41) is 13.3. The van der Waals surface area contributed by atoms with Crippen molar-refractivity contribution < 1.29 is 14.2 Å². The van der Waals surface area contributed by atoms with E-state index in [1.165, 1.54) is 5.56 Å². The largest absolute Gasteiger partial charge is 0.493 e. The number of methoxy groups -OCH3 is 3. The Morgan fingerprint density at radius 2 is 1.76 bits per heavy atom. The normalized spacial score (nSPS) is 12.3. The van der Waals surface area contributed by atoms with Gasteiger partial charge >= 0.3 is 0 Å². The molecule has 1 atom stereocenters. The van der Waals surface area contributed by atoms with E-state index >= 15 is 0 Å². The first-order valence-corrected chi connectivity index (χ1v) is 12.3. The fourth-order valence-corrected chi connectivity index (χ4v) is 4.51. The number of rotatable bonds is 12. The van der Waals surface area contributed by atoms with Crippen LogP contribution in [-0.2, 0) is 24.4 Å². The lowest BCUT2D eigenvalue weighted by molar-refractivity contribution is 0.151. The Morgan fingerprint density at radius 3 is 2.43 bits per heavy atom. The molecule has 196 valence electrons.